The summed E-state index contributed by atoms with van der Waals surface area (Å²) in [6, 6.07) is 8.08. The van der Waals surface area contributed by atoms with Gasteiger partial charge in [0.1, 0.15) is 0 Å². The Hall–Kier alpha value is -2.17. The first-order chi connectivity index (χ1) is 10.2. The largest absolute Gasteiger partial charge is 0.476 e. The maximum absolute atomic E-state index is 11.6. The van der Waals surface area contributed by atoms with Crippen LogP contribution in [0.5, 0.6) is 0 Å². The van der Waals surface area contributed by atoms with E-state index in [2.05, 4.69) is 22.0 Å². The third-order valence-electron chi connectivity index (χ3n) is 3.87. The van der Waals surface area contributed by atoms with Crippen LogP contribution in [0, 0.1) is 0 Å². The van der Waals surface area contributed by atoms with Gasteiger partial charge in [0.2, 0.25) is 0 Å². The Labute approximate surface area is 123 Å². The van der Waals surface area contributed by atoms with Crippen molar-refractivity contribution < 1.29 is 9.90 Å². The number of unbranched alkanes of at least 4 members (excludes halogenated alkanes) is 1. The average Bonchev–Trinajstić information content (AvgIpc) is 3.32. The number of aromatic carboxylic acids is 1. The van der Waals surface area contributed by atoms with Gasteiger partial charge in [-0.05, 0) is 25.3 Å². The van der Waals surface area contributed by atoms with Crippen molar-refractivity contribution in [1.29, 1.82) is 0 Å². The predicted octanol–water partition coefficient (Wildman–Crippen LogP) is 3.10. The fourth-order valence-corrected chi connectivity index (χ4v) is 2.67. The molecule has 0 saturated heterocycles. The highest BCUT2D eigenvalue weighted by molar-refractivity contribution is 6.03. The van der Waals surface area contributed by atoms with Crippen molar-refractivity contribution in [3.8, 4) is 0 Å². The number of benzene rings is 1. The van der Waals surface area contributed by atoms with Gasteiger partial charge in [0.25, 0.3) is 0 Å². The average molecular weight is 285 g/mol. The number of carbonyl (C=O) groups is 1. The number of anilines is 1. The van der Waals surface area contributed by atoms with E-state index in [1.807, 2.05) is 24.3 Å². The van der Waals surface area contributed by atoms with E-state index in [1.165, 1.54) is 0 Å². The minimum atomic E-state index is -1.01. The zero-order chi connectivity index (χ0) is 14.8. The maximum atomic E-state index is 11.6. The van der Waals surface area contributed by atoms with Crippen LogP contribution in [0.4, 0.5) is 5.69 Å². The fraction of sp³-hybridized carbons (Fsp3) is 0.438. The first-order valence-corrected chi connectivity index (χ1v) is 7.47. The molecule has 1 aromatic heterocycles. The van der Waals surface area contributed by atoms with E-state index in [9.17, 15) is 9.90 Å². The van der Waals surface area contributed by atoms with Crippen LogP contribution in [0.15, 0.2) is 24.3 Å². The fourth-order valence-electron chi connectivity index (χ4n) is 2.67. The summed E-state index contributed by atoms with van der Waals surface area (Å²) in [5.74, 6) is -1.01. The molecule has 5 heteroatoms. The van der Waals surface area contributed by atoms with Crippen LogP contribution in [-0.4, -0.2) is 33.9 Å². The highest BCUT2D eigenvalue weighted by Crippen LogP contribution is 2.37. The molecule has 1 heterocycles. The molecule has 1 aliphatic rings. The minimum Gasteiger partial charge on any atom is -0.476 e. The van der Waals surface area contributed by atoms with E-state index in [1.54, 1.807) is 0 Å². The monoisotopic (exact) mass is 285 g/mol. The number of hydrogen-bond acceptors (Lipinski definition) is 4. The van der Waals surface area contributed by atoms with Crippen LogP contribution in [0.1, 0.15) is 43.1 Å². The Balaban J connectivity index is 2.16. The minimum absolute atomic E-state index is 0.0664. The number of nitrogens with zero attached hydrogens (tertiary/aromatic N) is 3. The Morgan fingerprint density at radius 1 is 1.33 bits per heavy atom. The first-order valence-electron chi connectivity index (χ1n) is 7.47. The van der Waals surface area contributed by atoms with Gasteiger partial charge < -0.3 is 10.0 Å². The molecule has 0 radical (unpaired) electrons. The van der Waals surface area contributed by atoms with Gasteiger partial charge in [0.15, 0.2) is 5.69 Å². The summed E-state index contributed by atoms with van der Waals surface area (Å²) in [4.78, 5) is 13.8. The second-order valence-electron chi connectivity index (χ2n) is 5.50. The number of rotatable bonds is 6. The lowest BCUT2D eigenvalue weighted by atomic mass is 10.1. The summed E-state index contributed by atoms with van der Waals surface area (Å²) < 4.78 is 0. The summed E-state index contributed by atoms with van der Waals surface area (Å²) in [5.41, 5.74) is 1.56. The summed E-state index contributed by atoms with van der Waals surface area (Å²) in [5, 5.41) is 18.4. The molecule has 0 atom stereocenters. The lowest BCUT2D eigenvalue weighted by Crippen LogP contribution is -2.29. The molecule has 0 aliphatic heterocycles. The Kier molecular flexibility index (Phi) is 3.73. The van der Waals surface area contributed by atoms with Crippen LogP contribution in [0.25, 0.3) is 10.9 Å². The molecule has 5 nitrogen and oxygen atoms in total. The molecular formula is C16H19N3O2. The lowest BCUT2D eigenvalue weighted by Gasteiger charge is -2.26. The molecule has 0 bridgehead atoms. The topological polar surface area (TPSA) is 66.3 Å². The molecule has 0 spiro atoms. The third kappa shape index (κ3) is 2.68. The van der Waals surface area contributed by atoms with Gasteiger partial charge in [-0.1, -0.05) is 31.5 Å². The molecule has 1 N–H and O–H groups in total. The zero-order valence-electron chi connectivity index (χ0n) is 12.1. The number of hydrogen-bond donors (Lipinski definition) is 1. The van der Waals surface area contributed by atoms with Gasteiger partial charge in [-0.2, -0.15) is 0 Å². The molecule has 1 saturated carbocycles. The Morgan fingerprint density at radius 3 is 2.76 bits per heavy atom. The summed E-state index contributed by atoms with van der Waals surface area (Å²) in [6.07, 6.45) is 4.38. The third-order valence-corrected chi connectivity index (χ3v) is 3.87. The van der Waals surface area contributed by atoms with Crippen molar-refractivity contribution in [2.75, 3.05) is 11.4 Å². The summed E-state index contributed by atoms with van der Waals surface area (Å²) >= 11 is 0. The van der Waals surface area contributed by atoms with E-state index < -0.39 is 5.97 Å². The first kappa shape index (κ1) is 13.8. The molecule has 2 aromatic rings. The van der Waals surface area contributed by atoms with Gasteiger partial charge in [0, 0.05) is 18.0 Å². The van der Waals surface area contributed by atoms with E-state index in [4.69, 9.17) is 0 Å². The van der Waals surface area contributed by atoms with Gasteiger partial charge in [0.05, 0.1) is 11.2 Å². The smallest absolute Gasteiger partial charge is 0.358 e. The summed E-state index contributed by atoms with van der Waals surface area (Å²) in [7, 11) is 0. The van der Waals surface area contributed by atoms with E-state index in [0.717, 1.165) is 48.8 Å². The standard InChI is InChI=1S/C16H19N3O2/c1-2-3-10-19(11-8-9-11)15-12-6-4-5-7-13(12)17-18-14(15)16(20)21/h4-7,11H,2-3,8-10H2,1H3,(H,20,21). The van der Waals surface area contributed by atoms with Gasteiger partial charge in [-0.3, -0.25) is 0 Å². The van der Waals surface area contributed by atoms with Crippen LogP contribution in [-0.2, 0) is 0 Å². The Bertz CT molecular complexity index is 668. The lowest BCUT2D eigenvalue weighted by molar-refractivity contribution is 0.0690. The normalized spacial score (nSPS) is 14.3. The molecule has 1 fully saturated rings. The quantitative estimate of drug-likeness (QED) is 0.883. The predicted molar refractivity (Wildman–Crippen MR) is 81.8 cm³/mol. The number of aromatic nitrogens is 2. The van der Waals surface area contributed by atoms with Gasteiger partial charge >= 0.3 is 5.97 Å². The molecule has 3 rings (SSSR count). The van der Waals surface area contributed by atoms with E-state index >= 15 is 0 Å². The van der Waals surface area contributed by atoms with Crippen LogP contribution >= 0.6 is 0 Å². The second-order valence-corrected chi connectivity index (χ2v) is 5.50. The van der Waals surface area contributed by atoms with Crippen LogP contribution in [0.3, 0.4) is 0 Å². The van der Waals surface area contributed by atoms with Crippen molar-refractivity contribution in [3.63, 3.8) is 0 Å². The summed E-state index contributed by atoms with van der Waals surface area (Å²) in [6.45, 7) is 3.02. The Morgan fingerprint density at radius 2 is 2.10 bits per heavy atom. The molecule has 0 amide bonds. The molecule has 1 aliphatic carbocycles. The van der Waals surface area contributed by atoms with Crippen LogP contribution < -0.4 is 4.90 Å². The number of fused-ring (bicyclic) bond motifs is 1. The highest BCUT2D eigenvalue weighted by Gasteiger charge is 2.33. The molecule has 1 aromatic carbocycles. The molecular weight excluding hydrogens is 266 g/mol. The number of carboxylic acids is 1. The number of carboxylic acid groups (broad SMARTS) is 1. The molecule has 0 unspecified atom stereocenters. The van der Waals surface area contributed by atoms with Crippen molar-refractivity contribution >= 4 is 22.6 Å². The van der Waals surface area contributed by atoms with Crippen molar-refractivity contribution in [3.05, 3.63) is 30.0 Å². The molecule has 21 heavy (non-hydrogen) atoms. The van der Waals surface area contributed by atoms with Crippen LogP contribution in [0.2, 0.25) is 0 Å². The van der Waals surface area contributed by atoms with E-state index in [-0.39, 0.29) is 5.69 Å². The van der Waals surface area contributed by atoms with Crippen molar-refractivity contribution in [2.45, 2.75) is 38.6 Å². The second kappa shape index (κ2) is 5.68. The van der Waals surface area contributed by atoms with Gasteiger partial charge in [-0.25, -0.2) is 4.79 Å². The maximum Gasteiger partial charge on any atom is 0.358 e. The SMILES string of the molecule is CCCCN(c1c(C(=O)O)nnc2ccccc12)C1CC1. The van der Waals surface area contributed by atoms with Gasteiger partial charge in [-0.15, -0.1) is 10.2 Å². The molecule has 110 valence electrons. The van der Waals surface area contributed by atoms with Crippen molar-refractivity contribution in [1.82, 2.24) is 10.2 Å². The van der Waals surface area contributed by atoms with Crippen molar-refractivity contribution in [2.24, 2.45) is 0 Å². The zero-order valence-corrected chi connectivity index (χ0v) is 12.1. The van der Waals surface area contributed by atoms with E-state index in [0.29, 0.717) is 6.04 Å². The highest BCUT2D eigenvalue weighted by atomic mass is 16.4.